The molecule has 4 rings (SSSR count). The third-order valence-electron chi connectivity index (χ3n) is 5.48. The number of nitriles is 1. The Balaban J connectivity index is 1.54. The van der Waals surface area contributed by atoms with Crippen molar-refractivity contribution < 1.29 is 9.59 Å². The normalized spacial score (nSPS) is 18.3. The molecule has 1 atom stereocenters. The summed E-state index contributed by atoms with van der Waals surface area (Å²) in [6.07, 6.45) is 3.05. The van der Waals surface area contributed by atoms with Crippen LogP contribution < -0.4 is 10.6 Å². The van der Waals surface area contributed by atoms with Gasteiger partial charge in [0, 0.05) is 28.3 Å². The van der Waals surface area contributed by atoms with Crippen LogP contribution in [0.3, 0.4) is 0 Å². The van der Waals surface area contributed by atoms with E-state index in [0.717, 1.165) is 41.1 Å². The molecule has 2 heterocycles. The Morgan fingerprint density at radius 1 is 1.29 bits per heavy atom. The molecule has 0 saturated heterocycles. The molecule has 1 aliphatic heterocycles. The summed E-state index contributed by atoms with van der Waals surface area (Å²) in [6.45, 7) is 2.09. The maximum atomic E-state index is 12.7. The molecule has 2 aliphatic rings. The number of dihydropyridines is 1. The van der Waals surface area contributed by atoms with Gasteiger partial charge in [-0.05, 0) is 48.4 Å². The lowest BCUT2D eigenvalue weighted by Gasteiger charge is -2.32. The number of amides is 1. The quantitative estimate of drug-likeness (QED) is 0.640. The number of carbonyl (C=O) groups excluding carboxylic acids is 2. The van der Waals surface area contributed by atoms with Crippen LogP contribution in [-0.2, 0) is 16.0 Å². The largest absolute Gasteiger partial charge is 0.352 e. The average Bonchev–Trinajstić information content (AvgIpc) is 3.32. The molecule has 1 amide bonds. The Kier molecular flexibility index (Phi) is 6.59. The van der Waals surface area contributed by atoms with Crippen molar-refractivity contribution >= 4 is 40.5 Å². The highest BCUT2D eigenvalue weighted by Crippen LogP contribution is 2.45. The maximum absolute atomic E-state index is 12.7. The van der Waals surface area contributed by atoms with Crippen molar-refractivity contribution in [2.75, 3.05) is 11.1 Å². The molecule has 0 spiro atoms. The summed E-state index contributed by atoms with van der Waals surface area (Å²) >= 11 is 2.87. The summed E-state index contributed by atoms with van der Waals surface area (Å²) in [6, 6.07) is 14.0. The maximum Gasteiger partial charge on any atom is 0.234 e. The van der Waals surface area contributed by atoms with Gasteiger partial charge in [-0.25, -0.2) is 0 Å². The van der Waals surface area contributed by atoms with E-state index in [0.29, 0.717) is 17.0 Å². The van der Waals surface area contributed by atoms with E-state index in [1.807, 2.05) is 41.8 Å². The van der Waals surface area contributed by atoms with Gasteiger partial charge in [0.15, 0.2) is 5.78 Å². The number of allylic oxidation sites excluding steroid dienone is 3. The molecular weight excluding hydrogens is 426 g/mol. The van der Waals surface area contributed by atoms with E-state index in [4.69, 9.17) is 0 Å². The first kappa shape index (κ1) is 21.4. The Hall–Kier alpha value is -2.82. The van der Waals surface area contributed by atoms with Gasteiger partial charge in [-0.15, -0.1) is 11.3 Å². The number of aryl methyl sites for hydroxylation is 1. The fourth-order valence-corrected chi connectivity index (χ4v) is 5.64. The molecule has 1 aromatic heterocycles. The van der Waals surface area contributed by atoms with Crippen LogP contribution in [0.25, 0.3) is 0 Å². The third kappa shape index (κ3) is 4.60. The molecule has 1 aliphatic carbocycles. The lowest BCUT2D eigenvalue weighted by atomic mass is 9.79. The first-order chi connectivity index (χ1) is 15.1. The monoisotopic (exact) mass is 449 g/mol. The minimum Gasteiger partial charge on any atom is -0.352 e. The molecule has 31 heavy (non-hydrogen) atoms. The van der Waals surface area contributed by atoms with Gasteiger partial charge in [-0.3, -0.25) is 9.59 Å². The number of thioether (sulfide) groups is 1. The van der Waals surface area contributed by atoms with Crippen molar-refractivity contribution in [3.05, 3.63) is 74.1 Å². The molecule has 0 saturated carbocycles. The Morgan fingerprint density at radius 2 is 2.10 bits per heavy atom. The highest BCUT2D eigenvalue weighted by molar-refractivity contribution is 8.03. The summed E-state index contributed by atoms with van der Waals surface area (Å²) in [5.74, 6) is -0.192. The standard InChI is InChI=1S/C24H23N3O2S2/c1-2-15-8-10-16(11-9-15)26-21(29)14-31-24-17(13-25)22(20-7-4-12-30-20)23-18(27-24)5-3-6-19(23)28/h4,7-12,22,27H,2-3,5-6,14H2,1H3,(H,26,29)/t22-/m1/s1. The SMILES string of the molecule is CCc1ccc(NC(=O)CSC2=C(C#N)[C@H](c3cccs3)C3=C(CCCC3=O)N2)cc1. The second-order valence-corrected chi connectivity index (χ2v) is 9.45. The van der Waals surface area contributed by atoms with Crippen molar-refractivity contribution in [1.82, 2.24) is 5.32 Å². The molecular formula is C24H23N3O2S2. The van der Waals surface area contributed by atoms with E-state index in [2.05, 4.69) is 23.6 Å². The minimum atomic E-state index is -0.346. The number of hydrogen-bond donors (Lipinski definition) is 2. The van der Waals surface area contributed by atoms with Crippen LogP contribution in [0.5, 0.6) is 0 Å². The van der Waals surface area contributed by atoms with Crippen LogP contribution in [0.2, 0.25) is 0 Å². The van der Waals surface area contributed by atoms with Gasteiger partial charge in [0.05, 0.1) is 28.3 Å². The van der Waals surface area contributed by atoms with Gasteiger partial charge in [0.25, 0.3) is 0 Å². The number of anilines is 1. The topological polar surface area (TPSA) is 82.0 Å². The number of hydrogen-bond acceptors (Lipinski definition) is 6. The van der Waals surface area contributed by atoms with E-state index >= 15 is 0 Å². The van der Waals surface area contributed by atoms with Crippen molar-refractivity contribution in [2.45, 2.75) is 38.5 Å². The molecule has 2 N–H and O–H groups in total. The summed E-state index contributed by atoms with van der Waals surface area (Å²) in [4.78, 5) is 26.2. The molecule has 0 bridgehead atoms. The first-order valence-electron chi connectivity index (χ1n) is 10.3. The number of carbonyl (C=O) groups is 2. The summed E-state index contributed by atoms with van der Waals surface area (Å²) in [5.41, 5.74) is 4.10. The Labute approximate surface area is 190 Å². The van der Waals surface area contributed by atoms with E-state index in [1.54, 1.807) is 11.3 Å². The zero-order valence-corrected chi connectivity index (χ0v) is 18.9. The minimum absolute atomic E-state index is 0.109. The predicted octanol–water partition coefficient (Wildman–Crippen LogP) is 5.11. The van der Waals surface area contributed by atoms with Crippen LogP contribution in [-0.4, -0.2) is 17.4 Å². The highest BCUT2D eigenvalue weighted by atomic mass is 32.2. The van der Waals surface area contributed by atoms with E-state index in [1.165, 1.54) is 17.3 Å². The zero-order valence-electron chi connectivity index (χ0n) is 17.2. The molecule has 2 aromatic rings. The lowest BCUT2D eigenvalue weighted by Crippen LogP contribution is -2.31. The van der Waals surface area contributed by atoms with Gasteiger partial charge < -0.3 is 10.6 Å². The molecule has 0 radical (unpaired) electrons. The van der Waals surface area contributed by atoms with Crippen molar-refractivity contribution in [3.8, 4) is 6.07 Å². The van der Waals surface area contributed by atoms with Gasteiger partial charge >= 0.3 is 0 Å². The summed E-state index contributed by atoms with van der Waals surface area (Å²) in [7, 11) is 0. The number of nitrogens with one attached hydrogen (secondary N) is 2. The number of nitrogens with zero attached hydrogens (tertiary/aromatic N) is 1. The second kappa shape index (κ2) is 9.54. The van der Waals surface area contributed by atoms with Gasteiger partial charge in [0.2, 0.25) is 5.91 Å². The van der Waals surface area contributed by atoms with Gasteiger partial charge in [-0.1, -0.05) is 36.9 Å². The smallest absolute Gasteiger partial charge is 0.234 e. The fraction of sp³-hybridized carbons (Fsp3) is 0.292. The van der Waals surface area contributed by atoms with Crippen LogP contribution in [0.4, 0.5) is 5.69 Å². The predicted molar refractivity (Wildman–Crippen MR) is 126 cm³/mol. The van der Waals surface area contributed by atoms with Crippen LogP contribution >= 0.6 is 23.1 Å². The third-order valence-corrected chi connectivity index (χ3v) is 7.44. The number of ketones is 1. The second-order valence-electron chi connectivity index (χ2n) is 7.48. The molecule has 5 nitrogen and oxygen atoms in total. The Morgan fingerprint density at radius 3 is 2.77 bits per heavy atom. The molecule has 1 aromatic carbocycles. The number of Topliss-reactive ketones (excluding diaryl/α,β-unsaturated/α-hetero) is 1. The van der Waals surface area contributed by atoms with Gasteiger partial charge in [-0.2, -0.15) is 5.26 Å². The summed E-state index contributed by atoms with van der Waals surface area (Å²) in [5, 5.41) is 18.8. The molecule has 0 unspecified atom stereocenters. The van der Waals surface area contributed by atoms with E-state index in [-0.39, 0.29) is 23.4 Å². The van der Waals surface area contributed by atoms with Crippen molar-refractivity contribution in [1.29, 1.82) is 5.26 Å². The number of benzene rings is 1. The highest BCUT2D eigenvalue weighted by Gasteiger charge is 2.37. The zero-order chi connectivity index (χ0) is 21.8. The fourth-order valence-electron chi connectivity index (χ4n) is 3.94. The Bertz CT molecular complexity index is 1090. The molecule has 0 fully saturated rings. The van der Waals surface area contributed by atoms with Crippen LogP contribution in [0.1, 0.15) is 42.5 Å². The van der Waals surface area contributed by atoms with Crippen molar-refractivity contribution in [2.24, 2.45) is 0 Å². The van der Waals surface area contributed by atoms with Crippen molar-refractivity contribution in [3.63, 3.8) is 0 Å². The molecule has 158 valence electrons. The average molecular weight is 450 g/mol. The van der Waals surface area contributed by atoms with E-state index < -0.39 is 0 Å². The van der Waals surface area contributed by atoms with Crippen LogP contribution in [0, 0.1) is 11.3 Å². The lowest BCUT2D eigenvalue weighted by molar-refractivity contribution is -0.116. The number of rotatable bonds is 6. The van der Waals surface area contributed by atoms with Gasteiger partial charge in [0.1, 0.15) is 0 Å². The van der Waals surface area contributed by atoms with E-state index in [9.17, 15) is 14.9 Å². The van der Waals surface area contributed by atoms with Crippen LogP contribution in [0.15, 0.2) is 63.7 Å². The number of thiophene rings is 1. The summed E-state index contributed by atoms with van der Waals surface area (Å²) < 4.78 is 0. The molecule has 7 heteroatoms. The first-order valence-corrected chi connectivity index (χ1v) is 12.2.